The number of hydrogen-bond acceptors (Lipinski definition) is 5. The molecular formula is C19H17N3O3. The number of ether oxygens (including phenoxy) is 2. The Kier molecular flexibility index (Phi) is 4.31. The number of methoxy groups -OCH3 is 2. The molecule has 0 spiro atoms. The molecule has 0 fully saturated rings. The summed E-state index contributed by atoms with van der Waals surface area (Å²) in [4.78, 5) is 4.47. The van der Waals surface area contributed by atoms with Crippen LogP contribution < -0.4 is 9.47 Å². The lowest BCUT2D eigenvalue weighted by molar-refractivity contribution is 0.354. The molecule has 1 heterocycles. The Morgan fingerprint density at radius 3 is 2.48 bits per heavy atom. The normalized spacial score (nSPS) is 11.8. The number of benzene rings is 2. The minimum atomic E-state index is -0.165. The molecule has 0 aliphatic heterocycles. The molecule has 25 heavy (non-hydrogen) atoms. The van der Waals surface area contributed by atoms with E-state index in [1.807, 2.05) is 31.3 Å². The van der Waals surface area contributed by atoms with Gasteiger partial charge in [-0.15, -0.1) is 0 Å². The predicted octanol–water partition coefficient (Wildman–Crippen LogP) is 3.54. The molecule has 0 bridgehead atoms. The third-order valence-electron chi connectivity index (χ3n) is 4.02. The molecule has 2 aromatic carbocycles. The van der Waals surface area contributed by atoms with Crippen molar-refractivity contribution in [1.29, 1.82) is 5.26 Å². The summed E-state index contributed by atoms with van der Waals surface area (Å²) in [6, 6.07) is 14.6. The van der Waals surface area contributed by atoms with Crippen molar-refractivity contribution in [3.05, 3.63) is 53.9 Å². The number of nitrogens with zero attached hydrogens (tertiary/aromatic N) is 3. The number of allylic oxidation sites excluding steroid dienone is 1. The van der Waals surface area contributed by atoms with Crippen LogP contribution in [-0.2, 0) is 7.05 Å². The summed E-state index contributed by atoms with van der Waals surface area (Å²) in [7, 11) is 4.86. The van der Waals surface area contributed by atoms with E-state index in [1.54, 1.807) is 22.8 Å². The van der Waals surface area contributed by atoms with Gasteiger partial charge in [-0.3, -0.25) is 0 Å². The molecule has 0 amide bonds. The van der Waals surface area contributed by atoms with Gasteiger partial charge in [-0.25, -0.2) is 4.98 Å². The number of nitriles is 1. The zero-order valence-electron chi connectivity index (χ0n) is 14.1. The van der Waals surface area contributed by atoms with Crippen molar-refractivity contribution in [3.63, 3.8) is 0 Å². The zero-order valence-corrected chi connectivity index (χ0v) is 14.1. The van der Waals surface area contributed by atoms with E-state index in [-0.39, 0.29) is 11.3 Å². The Morgan fingerprint density at radius 1 is 1.12 bits per heavy atom. The molecule has 0 saturated carbocycles. The zero-order chi connectivity index (χ0) is 18.0. The number of para-hydroxylation sites is 2. The number of aryl methyl sites for hydroxylation is 1. The molecule has 0 saturated heterocycles. The van der Waals surface area contributed by atoms with Crippen molar-refractivity contribution in [2.24, 2.45) is 7.05 Å². The molecule has 126 valence electrons. The number of fused-ring (bicyclic) bond motifs is 1. The van der Waals surface area contributed by atoms with Gasteiger partial charge in [0.1, 0.15) is 17.4 Å². The molecule has 6 heteroatoms. The Balaban J connectivity index is 2.18. The number of aliphatic hydroxyl groups is 1. The van der Waals surface area contributed by atoms with Gasteiger partial charge in [0, 0.05) is 12.6 Å². The second kappa shape index (κ2) is 6.57. The first-order chi connectivity index (χ1) is 12.1. The van der Waals surface area contributed by atoms with E-state index in [2.05, 4.69) is 11.1 Å². The SMILES string of the molecule is COc1ccc(C(O)=C(C#N)c2nc3ccccc3n2C)cc1OC. The summed E-state index contributed by atoms with van der Waals surface area (Å²) < 4.78 is 12.2. The van der Waals surface area contributed by atoms with Crippen LogP contribution in [0.4, 0.5) is 0 Å². The summed E-state index contributed by atoms with van der Waals surface area (Å²) in [5, 5.41) is 20.3. The first-order valence-electron chi connectivity index (χ1n) is 7.58. The Morgan fingerprint density at radius 2 is 1.84 bits per heavy atom. The molecule has 3 aromatic rings. The molecule has 3 rings (SSSR count). The van der Waals surface area contributed by atoms with Crippen molar-refractivity contribution in [2.75, 3.05) is 14.2 Å². The molecule has 6 nitrogen and oxygen atoms in total. The van der Waals surface area contributed by atoms with E-state index in [0.29, 0.717) is 22.9 Å². The van der Waals surface area contributed by atoms with Crippen LogP contribution in [0.25, 0.3) is 22.4 Å². The van der Waals surface area contributed by atoms with Gasteiger partial charge < -0.3 is 19.1 Å². The van der Waals surface area contributed by atoms with Gasteiger partial charge >= 0.3 is 0 Å². The fourth-order valence-corrected chi connectivity index (χ4v) is 2.71. The molecular weight excluding hydrogens is 318 g/mol. The van der Waals surface area contributed by atoms with E-state index in [4.69, 9.17) is 9.47 Å². The van der Waals surface area contributed by atoms with E-state index < -0.39 is 0 Å². The van der Waals surface area contributed by atoms with E-state index >= 15 is 0 Å². The third kappa shape index (κ3) is 2.76. The maximum atomic E-state index is 10.7. The van der Waals surface area contributed by atoms with Gasteiger partial charge in [-0.05, 0) is 30.3 Å². The molecule has 0 radical (unpaired) electrons. The fraction of sp³-hybridized carbons (Fsp3) is 0.158. The Hall–Kier alpha value is -3.46. The maximum Gasteiger partial charge on any atom is 0.161 e. The largest absolute Gasteiger partial charge is 0.506 e. The Bertz CT molecular complexity index is 1010. The van der Waals surface area contributed by atoms with Crippen LogP contribution in [0.15, 0.2) is 42.5 Å². The average molecular weight is 335 g/mol. The second-order valence-corrected chi connectivity index (χ2v) is 5.39. The van der Waals surface area contributed by atoms with Gasteiger partial charge in [-0.1, -0.05) is 12.1 Å². The summed E-state index contributed by atoms with van der Waals surface area (Å²) in [6.45, 7) is 0. The Labute approximate surface area is 145 Å². The third-order valence-corrected chi connectivity index (χ3v) is 4.02. The molecule has 0 unspecified atom stereocenters. The van der Waals surface area contributed by atoms with Crippen LogP contribution in [0.2, 0.25) is 0 Å². The quantitative estimate of drug-likeness (QED) is 0.582. The first kappa shape index (κ1) is 16.4. The van der Waals surface area contributed by atoms with Gasteiger partial charge in [0.2, 0.25) is 0 Å². The van der Waals surface area contributed by atoms with Crippen molar-refractivity contribution < 1.29 is 14.6 Å². The number of imidazole rings is 1. The minimum absolute atomic E-state index is 0.0888. The summed E-state index contributed by atoms with van der Waals surface area (Å²) in [5.41, 5.74) is 2.17. The standard InChI is InChI=1S/C19H17N3O3/c1-22-15-7-5-4-6-14(15)21-19(22)13(11-20)18(23)12-8-9-16(24-2)17(10-12)25-3/h4-10,23H,1-3H3. The van der Waals surface area contributed by atoms with Crippen LogP contribution in [-0.4, -0.2) is 28.9 Å². The van der Waals surface area contributed by atoms with Crippen LogP contribution in [0.1, 0.15) is 11.4 Å². The minimum Gasteiger partial charge on any atom is -0.506 e. The number of rotatable bonds is 4. The lowest BCUT2D eigenvalue weighted by Gasteiger charge is -2.10. The number of aromatic nitrogens is 2. The van der Waals surface area contributed by atoms with Crippen molar-refractivity contribution in [3.8, 4) is 17.6 Å². The van der Waals surface area contributed by atoms with Crippen molar-refractivity contribution in [1.82, 2.24) is 9.55 Å². The molecule has 0 aliphatic carbocycles. The van der Waals surface area contributed by atoms with E-state index in [1.165, 1.54) is 14.2 Å². The molecule has 0 atom stereocenters. The van der Waals surface area contributed by atoms with Crippen LogP contribution >= 0.6 is 0 Å². The number of hydrogen-bond donors (Lipinski definition) is 1. The highest BCUT2D eigenvalue weighted by molar-refractivity contribution is 5.94. The lowest BCUT2D eigenvalue weighted by Crippen LogP contribution is -2.00. The summed E-state index contributed by atoms with van der Waals surface area (Å²) in [6.07, 6.45) is 0. The first-order valence-corrected chi connectivity index (χ1v) is 7.58. The van der Waals surface area contributed by atoms with Gasteiger partial charge in [0.15, 0.2) is 17.3 Å². The van der Waals surface area contributed by atoms with Crippen molar-refractivity contribution >= 4 is 22.4 Å². The van der Waals surface area contributed by atoms with Crippen molar-refractivity contribution in [2.45, 2.75) is 0 Å². The van der Waals surface area contributed by atoms with Crippen LogP contribution in [0.3, 0.4) is 0 Å². The maximum absolute atomic E-state index is 10.7. The van der Waals surface area contributed by atoms with E-state index in [9.17, 15) is 10.4 Å². The monoisotopic (exact) mass is 335 g/mol. The predicted molar refractivity (Wildman–Crippen MR) is 95.3 cm³/mol. The second-order valence-electron chi connectivity index (χ2n) is 5.39. The molecule has 0 aliphatic rings. The highest BCUT2D eigenvalue weighted by Gasteiger charge is 2.18. The topological polar surface area (TPSA) is 80.3 Å². The fourth-order valence-electron chi connectivity index (χ4n) is 2.71. The van der Waals surface area contributed by atoms with Gasteiger partial charge in [0.05, 0.1) is 25.3 Å². The smallest absolute Gasteiger partial charge is 0.161 e. The highest BCUT2D eigenvalue weighted by atomic mass is 16.5. The lowest BCUT2D eigenvalue weighted by atomic mass is 10.1. The van der Waals surface area contributed by atoms with Crippen LogP contribution in [0, 0.1) is 11.3 Å². The average Bonchev–Trinajstić information content (AvgIpc) is 2.98. The van der Waals surface area contributed by atoms with Crippen LogP contribution in [0.5, 0.6) is 11.5 Å². The molecule has 1 N–H and O–H groups in total. The highest BCUT2D eigenvalue weighted by Crippen LogP contribution is 2.32. The molecule has 1 aromatic heterocycles. The summed E-state index contributed by atoms with van der Waals surface area (Å²) >= 11 is 0. The van der Waals surface area contributed by atoms with Gasteiger partial charge in [-0.2, -0.15) is 5.26 Å². The summed E-state index contributed by atoms with van der Waals surface area (Å²) in [5.74, 6) is 1.24. The van der Waals surface area contributed by atoms with Gasteiger partial charge in [0.25, 0.3) is 0 Å². The van der Waals surface area contributed by atoms with E-state index in [0.717, 1.165) is 11.0 Å². The number of aliphatic hydroxyl groups excluding tert-OH is 1.